The third-order valence-corrected chi connectivity index (χ3v) is 3.76. The minimum atomic E-state index is 0.586. The highest BCUT2D eigenvalue weighted by Gasteiger charge is 2.10. The molecule has 0 radical (unpaired) electrons. The average molecular weight is 399 g/mol. The summed E-state index contributed by atoms with van der Waals surface area (Å²) in [4.78, 5) is 0. The maximum atomic E-state index is 3.42. The van der Waals surface area contributed by atoms with Gasteiger partial charge in [-0.3, -0.25) is 0 Å². The zero-order valence-corrected chi connectivity index (χ0v) is 11.5. The molecule has 0 unspecified atom stereocenters. The van der Waals surface area contributed by atoms with Gasteiger partial charge in [0, 0.05) is 12.2 Å². The Hall–Kier alpha value is 0.480. The number of aryl methyl sites for hydroxylation is 1. The van der Waals surface area contributed by atoms with E-state index in [9.17, 15) is 0 Å². The molecule has 0 saturated carbocycles. The maximum absolute atomic E-state index is 3.42. The highest BCUT2D eigenvalue weighted by atomic mass is 127. The Kier molecular flexibility index (Phi) is 3.34. The van der Waals surface area contributed by atoms with Crippen LogP contribution in [0.3, 0.4) is 0 Å². The van der Waals surface area contributed by atoms with Crippen molar-refractivity contribution in [3.63, 3.8) is 0 Å². The van der Waals surface area contributed by atoms with E-state index < -0.39 is 0 Å². The largest absolute Gasteiger partial charge is 0.385 e. The first-order valence-electron chi connectivity index (χ1n) is 4.42. The summed E-state index contributed by atoms with van der Waals surface area (Å²) >= 11 is 4.90. The van der Waals surface area contributed by atoms with Gasteiger partial charge in [-0.2, -0.15) is 0 Å². The van der Waals surface area contributed by atoms with E-state index in [1.54, 1.807) is 0 Å². The molecule has 0 atom stereocenters. The van der Waals surface area contributed by atoms with E-state index in [1.165, 1.54) is 29.7 Å². The number of hydrogen-bond donors (Lipinski definition) is 1. The fourth-order valence-corrected chi connectivity index (χ4v) is 2.41. The number of hydrogen-bond acceptors (Lipinski definition) is 1. The Morgan fingerprint density at radius 2 is 2.15 bits per heavy atom. The van der Waals surface area contributed by atoms with Crippen molar-refractivity contribution in [2.45, 2.75) is 14.8 Å². The predicted octanol–water partition coefficient (Wildman–Crippen LogP) is 3.91. The van der Waals surface area contributed by atoms with Crippen molar-refractivity contribution in [3.05, 3.63) is 29.3 Å². The Labute approximate surface area is 106 Å². The lowest BCUT2D eigenvalue weighted by Gasteiger charge is -2.18. The molecule has 0 spiro atoms. The number of rotatable bonds is 1. The van der Waals surface area contributed by atoms with E-state index in [-0.39, 0.29) is 0 Å². The fourth-order valence-electron chi connectivity index (χ4n) is 1.63. The molecule has 1 aliphatic heterocycles. The van der Waals surface area contributed by atoms with Crippen LogP contribution < -0.4 is 5.32 Å². The van der Waals surface area contributed by atoms with Gasteiger partial charge in [0.05, 0.1) is 1.93 Å². The number of fused-ring (bicyclic) bond motifs is 1. The van der Waals surface area contributed by atoms with Crippen LogP contribution in [0.5, 0.6) is 0 Å². The van der Waals surface area contributed by atoms with Gasteiger partial charge in [0.15, 0.2) is 0 Å². The summed E-state index contributed by atoms with van der Waals surface area (Å²) in [5, 5.41) is 3.42. The van der Waals surface area contributed by atoms with Crippen LogP contribution in [-0.2, 0) is 6.42 Å². The van der Waals surface area contributed by atoms with Crippen molar-refractivity contribution in [2.24, 2.45) is 0 Å². The van der Waals surface area contributed by atoms with Crippen molar-refractivity contribution in [1.82, 2.24) is 0 Å². The first-order valence-corrected chi connectivity index (χ1v) is 6.91. The molecule has 70 valence electrons. The molecule has 0 aromatic heterocycles. The lowest BCUT2D eigenvalue weighted by Crippen LogP contribution is -2.11. The molecule has 2 rings (SSSR count). The zero-order valence-electron chi connectivity index (χ0n) is 7.19. The number of halogens is 2. The summed E-state index contributed by atoms with van der Waals surface area (Å²) in [5.74, 6) is 0. The molecule has 3 heteroatoms. The molecule has 1 aliphatic rings. The number of alkyl halides is 2. The zero-order chi connectivity index (χ0) is 9.26. The van der Waals surface area contributed by atoms with Gasteiger partial charge in [0.1, 0.15) is 0 Å². The number of nitrogens with one attached hydrogen (secondary N) is 1. The SMILES string of the molecule is IC(I)c1ccc2c(c1)CCCN2. The van der Waals surface area contributed by atoms with Gasteiger partial charge in [0.2, 0.25) is 0 Å². The minimum Gasteiger partial charge on any atom is -0.385 e. The smallest absolute Gasteiger partial charge is 0.0875 e. The van der Waals surface area contributed by atoms with E-state index in [1.807, 2.05) is 0 Å². The van der Waals surface area contributed by atoms with Crippen molar-refractivity contribution < 1.29 is 0 Å². The molecule has 1 N–H and O–H groups in total. The average Bonchev–Trinajstić information content (AvgIpc) is 2.17. The first kappa shape index (κ1) is 10.0. The van der Waals surface area contributed by atoms with Crippen LogP contribution in [-0.4, -0.2) is 6.54 Å². The maximum Gasteiger partial charge on any atom is 0.0875 e. The molecule has 0 bridgehead atoms. The highest BCUT2D eigenvalue weighted by Crippen LogP contribution is 2.33. The van der Waals surface area contributed by atoms with Gasteiger partial charge >= 0.3 is 0 Å². The van der Waals surface area contributed by atoms with E-state index >= 15 is 0 Å². The lowest BCUT2D eigenvalue weighted by atomic mass is 10.0. The lowest BCUT2D eigenvalue weighted by molar-refractivity contribution is 0.829. The molecule has 0 aliphatic carbocycles. The Morgan fingerprint density at radius 3 is 2.92 bits per heavy atom. The molecular formula is C10H11I2N. The van der Waals surface area contributed by atoms with Gasteiger partial charge in [0.25, 0.3) is 0 Å². The van der Waals surface area contributed by atoms with Crippen LogP contribution >= 0.6 is 45.2 Å². The van der Waals surface area contributed by atoms with Crippen LogP contribution in [0.15, 0.2) is 18.2 Å². The molecular weight excluding hydrogens is 388 g/mol. The van der Waals surface area contributed by atoms with Crippen LogP contribution in [0.25, 0.3) is 0 Å². The molecule has 1 aromatic rings. The first-order chi connectivity index (χ1) is 6.27. The third kappa shape index (κ3) is 2.29. The monoisotopic (exact) mass is 399 g/mol. The molecule has 1 aromatic carbocycles. The Bertz CT molecular complexity index is 310. The van der Waals surface area contributed by atoms with Crippen molar-refractivity contribution in [1.29, 1.82) is 0 Å². The summed E-state index contributed by atoms with van der Waals surface area (Å²) in [6.45, 7) is 1.13. The normalized spacial score (nSPS) is 15.3. The van der Waals surface area contributed by atoms with Crippen molar-refractivity contribution in [3.8, 4) is 0 Å². The molecule has 0 saturated heterocycles. The molecule has 1 nitrogen and oxygen atoms in total. The molecule has 0 amide bonds. The molecule has 0 fully saturated rings. The van der Waals surface area contributed by atoms with Crippen molar-refractivity contribution >= 4 is 50.9 Å². The van der Waals surface area contributed by atoms with Crippen molar-refractivity contribution in [2.75, 3.05) is 11.9 Å². The van der Waals surface area contributed by atoms with Gasteiger partial charge in [-0.15, -0.1) is 0 Å². The van der Waals surface area contributed by atoms with E-state index in [2.05, 4.69) is 68.7 Å². The Morgan fingerprint density at radius 1 is 1.31 bits per heavy atom. The topological polar surface area (TPSA) is 12.0 Å². The van der Waals surface area contributed by atoms with Crippen LogP contribution in [0, 0.1) is 0 Å². The predicted molar refractivity (Wildman–Crippen MR) is 74.0 cm³/mol. The standard InChI is InChI=1S/C10H11I2N/c11-10(12)8-3-4-9-7(6-8)2-1-5-13-9/h3-4,6,10,13H,1-2,5H2. The fraction of sp³-hybridized carbons (Fsp3) is 0.400. The van der Waals surface area contributed by atoms with Gasteiger partial charge in [-0.05, 0) is 30.0 Å². The summed E-state index contributed by atoms with van der Waals surface area (Å²) < 4.78 is 0.586. The summed E-state index contributed by atoms with van der Waals surface area (Å²) in [6.07, 6.45) is 2.50. The second-order valence-electron chi connectivity index (χ2n) is 3.25. The van der Waals surface area contributed by atoms with Gasteiger partial charge in [-0.1, -0.05) is 57.3 Å². The van der Waals surface area contributed by atoms with Crippen LogP contribution in [0.1, 0.15) is 19.5 Å². The van der Waals surface area contributed by atoms with Gasteiger partial charge < -0.3 is 5.32 Å². The summed E-state index contributed by atoms with van der Waals surface area (Å²) in [7, 11) is 0. The van der Waals surface area contributed by atoms with Crippen LogP contribution in [0.4, 0.5) is 5.69 Å². The van der Waals surface area contributed by atoms with E-state index in [0.717, 1.165) is 6.54 Å². The molecule has 13 heavy (non-hydrogen) atoms. The minimum absolute atomic E-state index is 0.586. The van der Waals surface area contributed by atoms with Gasteiger partial charge in [-0.25, -0.2) is 0 Å². The highest BCUT2D eigenvalue weighted by molar-refractivity contribution is 14.2. The number of anilines is 1. The Balaban J connectivity index is 2.35. The molecule has 1 heterocycles. The summed E-state index contributed by atoms with van der Waals surface area (Å²) in [5.41, 5.74) is 4.26. The van der Waals surface area contributed by atoms with E-state index in [4.69, 9.17) is 0 Å². The van der Waals surface area contributed by atoms with E-state index in [0.29, 0.717) is 1.93 Å². The van der Waals surface area contributed by atoms with Crippen LogP contribution in [0.2, 0.25) is 0 Å². The third-order valence-electron chi connectivity index (χ3n) is 2.32. The number of benzene rings is 1. The second-order valence-corrected chi connectivity index (χ2v) is 8.12. The second kappa shape index (κ2) is 4.33. The quantitative estimate of drug-likeness (QED) is 0.558. The summed E-state index contributed by atoms with van der Waals surface area (Å²) in [6, 6.07) is 6.78.